The molecule has 3 aliphatic heterocycles. The van der Waals surface area contributed by atoms with Crippen LogP contribution in [0, 0.1) is 11.3 Å². The molecule has 4 heterocycles. The van der Waals surface area contributed by atoms with Crippen LogP contribution in [-0.2, 0) is 20.4 Å². The van der Waals surface area contributed by atoms with Crippen molar-refractivity contribution in [1.82, 2.24) is 9.80 Å². The zero-order valence-corrected chi connectivity index (χ0v) is 22.8. The van der Waals surface area contributed by atoms with Crippen molar-refractivity contribution >= 4 is 54.4 Å². The third kappa shape index (κ3) is 2.90. The van der Waals surface area contributed by atoms with E-state index in [9.17, 15) is 19.6 Å². The van der Waals surface area contributed by atoms with E-state index in [4.69, 9.17) is 0 Å². The van der Waals surface area contributed by atoms with Crippen molar-refractivity contribution in [2.45, 2.75) is 31.6 Å². The number of hydrogen-bond donors (Lipinski definition) is 0. The molecular formula is C29H24N4O3Se. The third-order valence-electron chi connectivity index (χ3n) is 7.92. The molecule has 1 unspecified atom stereocenters. The van der Waals surface area contributed by atoms with Crippen molar-refractivity contribution in [3.8, 4) is 6.07 Å². The summed E-state index contributed by atoms with van der Waals surface area (Å²) < 4.78 is 1.84. The molecule has 4 amide bonds. The fourth-order valence-electron chi connectivity index (χ4n) is 5.74. The Hall–Kier alpha value is -3.92. The summed E-state index contributed by atoms with van der Waals surface area (Å²) in [4.78, 5) is 42.1. The zero-order chi connectivity index (χ0) is 26.4. The molecule has 2 aromatic carbocycles. The van der Waals surface area contributed by atoms with Crippen LogP contribution in [0.1, 0.15) is 47.5 Å². The Morgan fingerprint density at radius 1 is 0.865 bits per heavy atom. The second-order valence-electron chi connectivity index (χ2n) is 10.4. The first-order valence-electron chi connectivity index (χ1n) is 11.9. The number of nitrogens with zero attached hydrogens (tertiary/aromatic N) is 4. The first kappa shape index (κ1) is 23.5. The van der Waals surface area contributed by atoms with Gasteiger partial charge in [0.15, 0.2) is 0 Å². The van der Waals surface area contributed by atoms with Crippen molar-refractivity contribution in [2.24, 2.45) is 0 Å². The summed E-state index contributed by atoms with van der Waals surface area (Å²) in [7, 11) is 2.74. The number of carbonyl (C=O) groups excluding carboxylic acids is 3. The van der Waals surface area contributed by atoms with E-state index < -0.39 is 23.3 Å². The average Bonchev–Trinajstić information content (AvgIpc) is 3.33. The summed E-state index contributed by atoms with van der Waals surface area (Å²) in [6.07, 6.45) is 1.60. The van der Waals surface area contributed by atoms with Crippen LogP contribution in [0.25, 0.3) is 6.08 Å². The molecule has 0 bridgehead atoms. The van der Waals surface area contributed by atoms with Gasteiger partial charge in [0.2, 0.25) is 0 Å². The summed E-state index contributed by atoms with van der Waals surface area (Å²) >= 11 is -0.293. The number of carbonyl (C=O) groups is 3. The zero-order valence-electron chi connectivity index (χ0n) is 21.1. The van der Waals surface area contributed by atoms with Gasteiger partial charge in [0.1, 0.15) is 0 Å². The fourth-order valence-corrected chi connectivity index (χ4v) is 8.33. The molecule has 0 N–H and O–H groups in total. The van der Waals surface area contributed by atoms with E-state index in [1.807, 2.05) is 31.2 Å². The number of benzene rings is 2. The van der Waals surface area contributed by atoms with Crippen molar-refractivity contribution in [1.29, 1.82) is 5.26 Å². The third-order valence-corrected chi connectivity index (χ3v) is 10.2. The Labute approximate surface area is 220 Å². The predicted octanol–water partition coefficient (Wildman–Crippen LogP) is 4.43. The Balaban J connectivity index is 1.62. The Morgan fingerprint density at radius 3 is 2.16 bits per heavy atom. The average molecular weight is 555 g/mol. The molecule has 0 saturated carbocycles. The molecule has 8 heteroatoms. The van der Waals surface area contributed by atoms with Crippen LogP contribution in [0.5, 0.6) is 0 Å². The molecule has 3 aliphatic rings. The Bertz CT molecular complexity index is 1620. The van der Waals surface area contributed by atoms with Crippen LogP contribution in [0.4, 0.5) is 20.7 Å². The summed E-state index contributed by atoms with van der Waals surface area (Å²) in [5.41, 5.74) is 5.14. The van der Waals surface area contributed by atoms with Gasteiger partial charge in [-0.3, -0.25) is 0 Å². The Morgan fingerprint density at radius 2 is 1.49 bits per heavy atom. The van der Waals surface area contributed by atoms with Crippen LogP contribution in [0.3, 0.4) is 0 Å². The molecule has 0 radical (unpaired) electrons. The molecule has 0 spiro atoms. The molecular weight excluding hydrogens is 531 g/mol. The van der Waals surface area contributed by atoms with Gasteiger partial charge in [-0.05, 0) is 0 Å². The van der Waals surface area contributed by atoms with E-state index in [0.29, 0.717) is 0 Å². The molecule has 1 fully saturated rings. The van der Waals surface area contributed by atoms with Gasteiger partial charge in [0, 0.05) is 0 Å². The minimum absolute atomic E-state index is 0.0467. The second-order valence-corrected chi connectivity index (χ2v) is 12.6. The number of nitriles is 1. The van der Waals surface area contributed by atoms with Crippen molar-refractivity contribution in [2.75, 3.05) is 19.0 Å². The number of para-hydroxylation sites is 2. The summed E-state index contributed by atoms with van der Waals surface area (Å²) in [5.74, 6) is -1.23. The van der Waals surface area contributed by atoms with E-state index in [2.05, 4.69) is 49.1 Å². The SMILES string of the molecule is CN1C(=O)C(=Cc2cc3c([se]2)N2c4ccccc4C(C)(C)c4cccc(c42)C3(C)C#N)C(=O)N(C)C1=O. The number of imide groups is 2. The number of fused-ring (bicyclic) bond motifs is 4. The number of barbiturate groups is 1. The summed E-state index contributed by atoms with van der Waals surface area (Å²) in [5, 5.41) is 10.5. The predicted molar refractivity (Wildman–Crippen MR) is 141 cm³/mol. The molecule has 6 rings (SSSR count). The van der Waals surface area contributed by atoms with Crippen molar-refractivity contribution in [3.05, 3.63) is 80.8 Å². The molecule has 37 heavy (non-hydrogen) atoms. The monoisotopic (exact) mass is 556 g/mol. The topological polar surface area (TPSA) is 84.7 Å². The van der Waals surface area contributed by atoms with E-state index in [1.165, 1.54) is 25.2 Å². The second kappa shape index (κ2) is 7.55. The van der Waals surface area contributed by atoms with Gasteiger partial charge in [0.05, 0.1) is 0 Å². The van der Waals surface area contributed by atoms with Crippen molar-refractivity contribution < 1.29 is 14.4 Å². The van der Waals surface area contributed by atoms with Crippen LogP contribution in [0.15, 0.2) is 54.1 Å². The quantitative estimate of drug-likeness (QED) is 0.252. The Kier molecular flexibility index (Phi) is 4.79. The first-order chi connectivity index (χ1) is 17.5. The minimum atomic E-state index is -0.897. The van der Waals surface area contributed by atoms with E-state index >= 15 is 0 Å². The number of rotatable bonds is 1. The van der Waals surface area contributed by atoms with E-state index in [-0.39, 0.29) is 25.5 Å². The number of hydrogen-bond acceptors (Lipinski definition) is 5. The van der Waals surface area contributed by atoms with Crippen LogP contribution < -0.4 is 4.90 Å². The van der Waals surface area contributed by atoms with Gasteiger partial charge in [-0.1, -0.05) is 0 Å². The van der Waals surface area contributed by atoms with Crippen LogP contribution in [0.2, 0.25) is 0 Å². The first-order valence-corrected chi connectivity index (χ1v) is 13.6. The van der Waals surface area contributed by atoms with Gasteiger partial charge in [0.25, 0.3) is 0 Å². The maximum atomic E-state index is 12.9. The van der Waals surface area contributed by atoms with Gasteiger partial charge < -0.3 is 0 Å². The van der Waals surface area contributed by atoms with Crippen molar-refractivity contribution in [3.63, 3.8) is 0 Å². The number of anilines is 3. The van der Waals surface area contributed by atoms with Gasteiger partial charge >= 0.3 is 221 Å². The number of likely N-dealkylation sites (N-methyl/N-ethyl adjacent to an activating group) is 2. The standard InChI is InChI=1S/C29H24N4O3Se/c1-28(2)18-9-6-7-12-22(18)33-23-19(28)10-8-11-20(23)29(3,15-30)21-14-16(37-26(21)33)13-17-24(34)31(4)27(36)32(5)25(17)35/h6-14H,1-5H3. The van der Waals surface area contributed by atoms with Gasteiger partial charge in [-0.2, -0.15) is 0 Å². The molecule has 7 nitrogen and oxygen atoms in total. The number of amides is 4. The summed E-state index contributed by atoms with van der Waals surface area (Å²) in [6.45, 7) is 6.38. The molecule has 184 valence electrons. The molecule has 3 aromatic rings. The van der Waals surface area contributed by atoms with E-state index in [0.717, 1.165) is 41.3 Å². The normalized spacial score (nSPS) is 21.4. The van der Waals surface area contributed by atoms with Gasteiger partial charge in [-0.15, -0.1) is 0 Å². The maximum absolute atomic E-state index is 12.9. The van der Waals surface area contributed by atoms with E-state index in [1.54, 1.807) is 6.08 Å². The molecule has 1 aromatic heterocycles. The van der Waals surface area contributed by atoms with Crippen LogP contribution >= 0.6 is 0 Å². The van der Waals surface area contributed by atoms with Crippen LogP contribution in [-0.4, -0.2) is 56.2 Å². The molecule has 1 saturated heterocycles. The number of urea groups is 1. The summed E-state index contributed by atoms with van der Waals surface area (Å²) in [6, 6.07) is 18.4. The fraction of sp³-hybridized carbons (Fsp3) is 0.241. The van der Waals surface area contributed by atoms with Gasteiger partial charge in [-0.25, -0.2) is 0 Å². The molecule has 1 atom stereocenters. The molecule has 0 aliphatic carbocycles.